The minimum absolute atomic E-state index is 0.141. The molecule has 5 nitrogen and oxygen atoms in total. The zero-order valence-corrected chi connectivity index (χ0v) is 15.0. The van der Waals surface area contributed by atoms with Crippen LogP contribution in [0.3, 0.4) is 0 Å². The molecule has 1 N–H and O–H groups in total. The Morgan fingerprint density at radius 1 is 1.28 bits per heavy atom. The maximum atomic E-state index is 12.1. The van der Waals surface area contributed by atoms with E-state index in [1.807, 2.05) is 24.3 Å². The standard InChI is InChI=1S/C19H18N2O3S/c1-11(2)16-10-25-18(21-16)7-5-12-4-6-13-14(8-12)20-15(9-17(13)22)19(23)24-3/h4-11H,1-3H3,(H,20,22)/b7-5+. The number of nitrogens with zero attached hydrogens (tertiary/aromatic N) is 1. The molecule has 0 fully saturated rings. The van der Waals surface area contributed by atoms with Gasteiger partial charge in [0.1, 0.15) is 10.7 Å². The van der Waals surface area contributed by atoms with E-state index in [2.05, 4.69) is 33.9 Å². The highest BCUT2D eigenvalue weighted by Gasteiger charge is 2.09. The van der Waals surface area contributed by atoms with Gasteiger partial charge in [-0.2, -0.15) is 0 Å². The molecule has 0 saturated carbocycles. The predicted octanol–water partition coefficient (Wildman–Crippen LogP) is 4.07. The van der Waals surface area contributed by atoms with E-state index in [0.29, 0.717) is 16.8 Å². The molecule has 3 rings (SSSR count). The number of carbonyl (C=O) groups excluding carboxylic acids is 1. The van der Waals surface area contributed by atoms with Gasteiger partial charge in [-0.05, 0) is 29.7 Å². The van der Waals surface area contributed by atoms with Gasteiger partial charge in [0, 0.05) is 16.8 Å². The number of pyridine rings is 1. The summed E-state index contributed by atoms with van der Waals surface area (Å²) >= 11 is 1.60. The van der Waals surface area contributed by atoms with E-state index in [9.17, 15) is 9.59 Å². The topological polar surface area (TPSA) is 72.1 Å². The Hall–Kier alpha value is -2.73. The molecule has 0 amide bonds. The van der Waals surface area contributed by atoms with Crippen molar-refractivity contribution in [2.24, 2.45) is 0 Å². The maximum Gasteiger partial charge on any atom is 0.354 e. The van der Waals surface area contributed by atoms with Crippen LogP contribution in [0.2, 0.25) is 0 Å². The molecular weight excluding hydrogens is 336 g/mol. The first kappa shape index (κ1) is 17.1. The van der Waals surface area contributed by atoms with Gasteiger partial charge in [0.25, 0.3) is 0 Å². The fraction of sp³-hybridized carbons (Fsp3) is 0.211. The van der Waals surface area contributed by atoms with Gasteiger partial charge in [0.15, 0.2) is 5.43 Å². The van der Waals surface area contributed by atoms with Gasteiger partial charge in [0.05, 0.1) is 18.3 Å². The van der Waals surface area contributed by atoms with E-state index >= 15 is 0 Å². The quantitative estimate of drug-likeness (QED) is 0.717. The molecule has 128 valence electrons. The summed E-state index contributed by atoms with van der Waals surface area (Å²) in [4.78, 5) is 31.3. The number of aromatic nitrogens is 2. The van der Waals surface area contributed by atoms with Gasteiger partial charge in [-0.25, -0.2) is 9.78 Å². The third-order valence-corrected chi connectivity index (χ3v) is 4.64. The van der Waals surface area contributed by atoms with Crippen molar-refractivity contribution in [3.05, 3.63) is 61.8 Å². The number of aromatic amines is 1. The summed E-state index contributed by atoms with van der Waals surface area (Å²) in [6, 6.07) is 6.70. The van der Waals surface area contributed by atoms with Crippen LogP contribution in [0.15, 0.2) is 34.4 Å². The van der Waals surface area contributed by atoms with Crippen molar-refractivity contribution < 1.29 is 9.53 Å². The summed E-state index contributed by atoms with van der Waals surface area (Å²) < 4.78 is 4.67. The molecule has 0 bridgehead atoms. The Bertz CT molecular complexity index is 1010. The molecule has 6 heteroatoms. The van der Waals surface area contributed by atoms with Crippen molar-refractivity contribution in [2.45, 2.75) is 19.8 Å². The normalized spacial score (nSPS) is 11.5. The van der Waals surface area contributed by atoms with Crippen LogP contribution in [-0.2, 0) is 4.74 Å². The number of hydrogen-bond donors (Lipinski definition) is 1. The van der Waals surface area contributed by atoms with Crippen LogP contribution in [0.1, 0.15) is 46.5 Å². The van der Waals surface area contributed by atoms with Gasteiger partial charge in [-0.3, -0.25) is 4.79 Å². The molecule has 25 heavy (non-hydrogen) atoms. The van der Waals surface area contributed by atoms with Crippen molar-refractivity contribution in [1.29, 1.82) is 0 Å². The lowest BCUT2D eigenvalue weighted by Gasteiger charge is -2.03. The maximum absolute atomic E-state index is 12.1. The lowest BCUT2D eigenvalue weighted by atomic mass is 10.1. The fourth-order valence-electron chi connectivity index (χ4n) is 2.40. The van der Waals surface area contributed by atoms with E-state index in [0.717, 1.165) is 16.3 Å². The number of esters is 1. The Morgan fingerprint density at radius 3 is 2.76 bits per heavy atom. The Labute approximate surface area is 149 Å². The minimum atomic E-state index is -0.566. The molecule has 1 aromatic carbocycles. The fourth-order valence-corrected chi connectivity index (χ4v) is 3.27. The Balaban J connectivity index is 1.95. The smallest absolute Gasteiger partial charge is 0.354 e. The second kappa shape index (κ2) is 7.03. The second-order valence-corrected chi connectivity index (χ2v) is 6.83. The number of ether oxygens (including phenoxy) is 1. The molecule has 0 radical (unpaired) electrons. The van der Waals surface area contributed by atoms with Crippen LogP contribution >= 0.6 is 11.3 Å². The van der Waals surface area contributed by atoms with E-state index in [-0.39, 0.29) is 11.1 Å². The largest absolute Gasteiger partial charge is 0.464 e. The molecule has 0 spiro atoms. The lowest BCUT2D eigenvalue weighted by molar-refractivity contribution is 0.0594. The van der Waals surface area contributed by atoms with Crippen molar-refractivity contribution >= 4 is 40.4 Å². The molecule has 2 heterocycles. The molecule has 0 unspecified atom stereocenters. The zero-order chi connectivity index (χ0) is 18.0. The molecular formula is C19H18N2O3S. The molecule has 2 aromatic heterocycles. The first-order chi connectivity index (χ1) is 12.0. The van der Waals surface area contributed by atoms with Gasteiger partial charge in [-0.1, -0.05) is 26.0 Å². The van der Waals surface area contributed by atoms with Crippen LogP contribution in [0.25, 0.3) is 23.1 Å². The Morgan fingerprint density at radius 2 is 2.08 bits per heavy atom. The molecule has 0 aliphatic heterocycles. The number of benzene rings is 1. The third kappa shape index (κ3) is 3.69. The van der Waals surface area contributed by atoms with Crippen LogP contribution in [0, 0.1) is 0 Å². The van der Waals surface area contributed by atoms with E-state index in [1.165, 1.54) is 13.2 Å². The average Bonchev–Trinajstić information content (AvgIpc) is 3.08. The number of methoxy groups -OCH3 is 1. The average molecular weight is 354 g/mol. The van der Waals surface area contributed by atoms with E-state index < -0.39 is 5.97 Å². The van der Waals surface area contributed by atoms with Crippen molar-refractivity contribution in [2.75, 3.05) is 7.11 Å². The van der Waals surface area contributed by atoms with Crippen molar-refractivity contribution in [3.8, 4) is 0 Å². The number of H-pyrrole nitrogens is 1. The SMILES string of the molecule is COC(=O)c1cc(=O)c2ccc(/C=C/c3nc(C(C)C)cs3)cc2[nH]1. The molecule has 0 aliphatic rings. The summed E-state index contributed by atoms with van der Waals surface area (Å²) in [7, 11) is 1.28. The summed E-state index contributed by atoms with van der Waals surface area (Å²) in [5.41, 5.74) is 2.51. The molecule has 0 atom stereocenters. The number of carbonyl (C=O) groups is 1. The van der Waals surface area contributed by atoms with Crippen LogP contribution < -0.4 is 5.43 Å². The first-order valence-corrected chi connectivity index (χ1v) is 8.75. The van der Waals surface area contributed by atoms with Crippen LogP contribution in [-0.4, -0.2) is 23.0 Å². The number of hydrogen-bond acceptors (Lipinski definition) is 5. The third-order valence-electron chi connectivity index (χ3n) is 3.81. The number of fused-ring (bicyclic) bond motifs is 1. The number of rotatable bonds is 4. The van der Waals surface area contributed by atoms with Crippen molar-refractivity contribution in [1.82, 2.24) is 9.97 Å². The number of thiazole rings is 1. The number of nitrogens with one attached hydrogen (secondary N) is 1. The monoisotopic (exact) mass is 354 g/mol. The van der Waals surface area contributed by atoms with Gasteiger partial charge in [0.2, 0.25) is 0 Å². The Kier molecular flexibility index (Phi) is 4.81. The van der Waals surface area contributed by atoms with E-state index in [1.54, 1.807) is 17.4 Å². The highest BCUT2D eigenvalue weighted by atomic mass is 32.1. The summed E-state index contributed by atoms with van der Waals surface area (Å²) in [5.74, 6) is -0.162. The van der Waals surface area contributed by atoms with Gasteiger partial charge in [-0.15, -0.1) is 11.3 Å². The molecule has 3 aromatic rings. The zero-order valence-electron chi connectivity index (χ0n) is 14.2. The highest BCUT2D eigenvalue weighted by molar-refractivity contribution is 7.10. The lowest BCUT2D eigenvalue weighted by Crippen LogP contribution is -2.11. The summed E-state index contributed by atoms with van der Waals surface area (Å²) in [6.07, 6.45) is 3.88. The van der Waals surface area contributed by atoms with Crippen LogP contribution in [0.5, 0.6) is 0 Å². The molecule has 0 saturated heterocycles. The van der Waals surface area contributed by atoms with Crippen LogP contribution in [0.4, 0.5) is 0 Å². The minimum Gasteiger partial charge on any atom is -0.464 e. The van der Waals surface area contributed by atoms with E-state index in [4.69, 9.17) is 0 Å². The second-order valence-electron chi connectivity index (χ2n) is 5.94. The highest BCUT2D eigenvalue weighted by Crippen LogP contribution is 2.20. The van der Waals surface area contributed by atoms with Gasteiger partial charge >= 0.3 is 5.97 Å². The predicted molar refractivity (Wildman–Crippen MR) is 101 cm³/mol. The summed E-state index contributed by atoms with van der Waals surface area (Å²) in [5, 5.41) is 3.52. The molecule has 0 aliphatic carbocycles. The summed E-state index contributed by atoms with van der Waals surface area (Å²) in [6.45, 7) is 4.22. The first-order valence-electron chi connectivity index (χ1n) is 7.87. The van der Waals surface area contributed by atoms with Gasteiger partial charge < -0.3 is 9.72 Å². The van der Waals surface area contributed by atoms with Crippen molar-refractivity contribution in [3.63, 3.8) is 0 Å².